The summed E-state index contributed by atoms with van der Waals surface area (Å²) in [7, 11) is 0. The number of pyridine rings is 2. The first kappa shape index (κ1) is 24.4. The average Bonchev–Trinajstić information content (AvgIpc) is 3.51. The van der Waals surface area contributed by atoms with Crippen LogP contribution in [0.3, 0.4) is 0 Å². The van der Waals surface area contributed by atoms with Gasteiger partial charge in [-0.15, -0.1) is 0 Å². The quantitative estimate of drug-likeness (QED) is 0.216. The number of anilines is 2. The highest BCUT2D eigenvalue weighted by Crippen LogP contribution is 2.33. The number of rotatable bonds is 6. The number of hydrogen-bond donors (Lipinski definition) is 4. The monoisotopic (exact) mass is 510 g/mol. The lowest BCUT2D eigenvalue weighted by Gasteiger charge is -2.28. The summed E-state index contributed by atoms with van der Waals surface area (Å²) in [6.07, 6.45) is 11.0. The third-order valence-corrected chi connectivity index (χ3v) is 7.07. The molecular formula is C29H34N8O. The first-order valence-corrected chi connectivity index (χ1v) is 13.3. The fraction of sp³-hybridized carbons (Fsp3) is 0.379. The number of aromatic amines is 2. The van der Waals surface area contributed by atoms with Crippen molar-refractivity contribution in [3.8, 4) is 22.6 Å². The van der Waals surface area contributed by atoms with Gasteiger partial charge in [-0.3, -0.25) is 15.1 Å². The SMILES string of the molecule is CC(C)(C)CC(O)Nc1cncc(-c2ccc3[nH]nc(-c4nc5c(N6CCCCC6)cncc5[nH]4)c3c2)c1. The molecule has 5 heterocycles. The summed E-state index contributed by atoms with van der Waals surface area (Å²) in [6.45, 7) is 8.39. The topological polar surface area (TPSA) is 119 Å². The summed E-state index contributed by atoms with van der Waals surface area (Å²) in [5.74, 6) is 0.716. The van der Waals surface area contributed by atoms with Crippen LogP contribution in [0.25, 0.3) is 44.6 Å². The molecule has 0 amide bonds. The van der Waals surface area contributed by atoms with Gasteiger partial charge in [0.05, 0.1) is 41.0 Å². The van der Waals surface area contributed by atoms with Crippen LogP contribution in [0, 0.1) is 5.41 Å². The normalized spacial score (nSPS) is 15.3. The highest BCUT2D eigenvalue weighted by molar-refractivity contribution is 5.97. The summed E-state index contributed by atoms with van der Waals surface area (Å²) >= 11 is 0. The molecule has 1 atom stereocenters. The van der Waals surface area contributed by atoms with Gasteiger partial charge >= 0.3 is 0 Å². The Bertz CT molecular complexity index is 1570. The Hall–Kier alpha value is -3.98. The van der Waals surface area contributed by atoms with E-state index >= 15 is 0 Å². The highest BCUT2D eigenvalue weighted by atomic mass is 16.3. The number of fused-ring (bicyclic) bond motifs is 2. The van der Waals surface area contributed by atoms with Crippen LogP contribution in [0.1, 0.15) is 46.5 Å². The Kier molecular flexibility index (Phi) is 6.23. The molecule has 1 aromatic carbocycles. The lowest BCUT2D eigenvalue weighted by Crippen LogP contribution is -2.29. The van der Waals surface area contributed by atoms with E-state index in [0.717, 1.165) is 63.2 Å². The molecule has 0 radical (unpaired) electrons. The molecule has 1 aliphatic rings. The minimum absolute atomic E-state index is 0.0153. The van der Waals surface area contributed by atoms with E-state index in [1.54, 1.807) is 6.20 Å². The molecule has 5 aromatic rings. The van der Waals surface area contributed by atoms with E-state index in [9.17, 15) is 5.11 Å². The number of aliphatic hydroxyl groups excluding tert-OH is 1. The van der Waals surface area contributed by atoms with E-state index in [2.05, 4.69) is 62.2 Å². The van der Waals surface area contributed by atoms with Crippen LogP contribution in [0.2, 0.25) is 0 Å². The Morgan fingerprint density at radius 1 is 0.974 bits per heavy atom. The third-order valence-electron chi connectivity index (χ3n) is 7.07. The van der Waals surface area contributed by atoms with Gasteiger partial charge in [-0.05, 0) is 54.9 Å². The largest absolute Gasteiger partial charge is 0.374 e. The Labute approximate surface area is 221 Å². The minimum Gasteiger partial charge on any atom is -0.374 e. The zero-order chi connectivity index (χ0) is 26.3. The van der Waals surface area contributed by atoms with Crippen molar-refractivity contribution in [3.63, 3.8) is 0 Å². The van der Waals surface area contributed by atoms with Crippen LogP contribution < -0.4 is 10.2 Å². The molecule has 0 spiro atoms. The Balaban J connectivity index is 1.33. The number of piperidine rings is 1. The van der Waals surface area contributed by atoms with Crippen LogP contribution in [0.5, 0.6) is 0 Å². The van der Waals surface area contributed by atoms with E-state index in [1.165, 1.54) is 19.3 Å². The summed E-state index contributed by atoms with van der Waals surface area (Å²) in [5.41, 5.74) is 7.37. The van der Waals surface area contributed by atoms with Crippen LogP contribution in [0.4, 0.5) is 11.4 Å². The van der Waals surface area contributed by atoms with E-state index < -0.39 is 6.23 Å². The summed E-state index contributed by atoms with van der Waals surface area (Å²) in [6, 6.07) is 8.20. The molecule has 38 heavy (non-hydrogen) atoms. The molecule has 0 bridgehead atoms. The molecule has 0 saturated carbocycles. The number of aliphatic hydroxyl groups is 1. The van der Waals surface area contributed by atoms with Crippen LogP contribution >= 0.6 is 0 Å². The maximum absolute atomic E-state index is 10.5. The Morgan fingerprint density at radius 3 is 2.61 bits per heavy atom. The minimum atomic E-state index is -0.646. The van der Waals surface area contributed by atoms with Crippen LogP contribution in [0.15, 0.2) is 49.1 Å². The highest BCUT2D eigenvalue weighted by Gasteiger charge is 2.20. The predicted molar refractivity (Wildman–Crippen MR) is 152 cm³/mol. The van der Waals surface area contributed by atoms with Gasteiger partial charge in [0.1, 0.15) is 17.4 Å². The number of nitrogens with one attached hydrogen (secondary N) is 3. The lowest BCUT2D eigenvalue weighted by atomic mass is 9.91. The van der Waals surface area contributed by atoms with Gasteiger partial charge in [-0.25, -0.2) is 4.98 Å². The van der Waals surface area contributed by atoms with Crippen molar-refractivity contribution in [1.82, 2.24) is 30.1 Å². The van der Waals surface area contributed by atoms with Gasteiger partial charge < -0.3 is 20.3 Å². The molecule has 1 aliphatic heterocycles. The van der Waals surface area contributed by atoms with Gasteiger partial charge in [0.2, 0.25) is 0 Å². The molecular weight excluding hydrogens is 476 g/mol. The Morgan fingerprint density at radius 2 is 1.79 bits per heavy atom. The summed E-state index contributed by atoms with van der Waals surface area (Å²) in [5, 5.41) is 22.4. The van der Waals surface area contributed by atoms with Gasteiger partial charge in [0.25, 0.3) is 0 Å². The van der Waals surface area contributed by atoms with E-state index in [1.807, 2.05) is 36.8 Å². The second kappa shape index (κ2) is 9.72. The molecule has 9 heteroatoms. The zero-order valence-corrected chi connectivity index (χ0v) is 22.1. The molecule has 196 valence electrons. The van der Waals surface area contributed by atoms with Crippen molar-refractivity contribution >= 4 is 33.3 Å². The van der Waals surface area contributed by atoms with Crippen molar-refractivity contribution < 1.29 is 5.11 Å². The molecule has 9 nitrogen and oxygen atoms in total. The third kappa shape index (κ3) is 4.93. The van der Waals surface area contributed by atoms with E-state index in [4.69, 9.17) is 4.98 Å². The number of benzene rings is 1. The molecule has 1 saturated heterocycles. The zero-order valence-electron chi connectivity index (χ0n) is 22.1. The second-order valence-electron chi connectivity index (χ2n) is 11.4. The second-order valence-corrected chi connectivity index (χ2v) is 11.4. The standard InChI is InChI=1S/C29H34N8O/c1-29(2,3)13-25(38)32-20-11-19(14-30-15-20)18-7-8-22-21(12-18)26(36-35-22)28-33-23-16-31-17-24(27(23)34-28)37-9-5-4-6-10-37/h7-8,11-12,14-17,25,32,38H,4-6,9-10,13H2,1-3H3,(H,33,34)(H,35,36). The van der Waals surface area contributed by atoms with E-state index in [0.29, 0.717) is 12.2 Å². The molecule has 6 rings (SSSR count). The van der Waals surface area contributed by atoms with Crippen molar-refractivity contribution in [3.05, 3.63) is 49.1 Å². The maximum atomic E-state index is 10.5. The van der Waals surface area contributed by atoms with Crippen LogP contribution in [-0.2, 0) is 0 Å². The summed E-state index contributed by atoms with van der Waals surface area (Å²) in [4.78, 5) is 19.7. The van der Waals surface area contributed by atoms with Crippen molar-refractivity contribution in [2.24, 2.45) is 5.41 Å². The van der Waals surface area contributed by atoms with Gasteiger partial charge in [-0.2, -0.15) is 5.10 Å². The number of imidazole rings is 1. The van der Waals surface area contributed by atoms with Crippen LogP contribution in [-0.4, -0.2) is 54.6 Å². The first-order valence-electron chi connectivity index (χ1n) is 13.3. The van der Waals surface area contributed by atoms with Gasteiger partial charge in [0.15, 0.2) is 5.82 Å². The van der Waals surface area contributed by atoms with E-state index in [-0.39, 0.29) is 5.41 Å². The van der Waals surface area contributed by atoms with Crippen molar-refractivity contribution in [2.75, 3.05) is 23.3 Å². The first-order chi connectivity index (χ1) is 18.3. The van der Waals surface area contributed by atoms with Crippen molar-refractivity contribution in [2.45, 2.75) is 52.7 Å². The number of nitrogens with zero attached hydrogens (tertiary/aromatic N) is 5. The van der Waals surface area contributed by atoms with Gasteiger partial charge in [0, 0.05) is 30.2 Å². The molecule has 4 N–H and O–H groups in total. The summed E-state index contributed by atoms with van der Waals surface area (Å²) < 4.78 is 0. The number of aromatic nitrogens is 6. The van der Waals surface area contributed by atoms with Crippen molar-refractivity contribution in [1.29, 1.82) is 0 Å². The fourth-order valence-electron chi connectivity index (χ4n) is 5.27. The number of hydrogen-bond acceptors (Lipinski definition) is 7. The fourth-order valence-corrected chi connectivity index (χ4v) is 5.27. The smallest absolute Gasteiger partial charge is 0.159 e. The van der Waals surface area contributed by atoms with Gasteiger partial charge in [-0.1, -0.05) is 26.8 Å². The lowest BCUT2D eigenvalue weighted by molar-refractivity contribution is 0.145. The molecule has 1 unspecified atom stereocenters. The average molecular weight is 511 g/mol. The molecule has 0 aliphatic carbocycles. The maximum Gasteiger partial charge on any atom is 0.159 e. The molecule has 1 fully saturated rings. The number of H-pyrrole nitrogens is 2. The molecule has 4 aromatic heterocycles. The predicted octanol–water partition coefficient (Wildman–Crippen LogP) is 5.72.